The molecule has 1 heterocycles. The second-order valence-corrected chi connectivity index (χ2v) is 8.81. The molecule has 1 atom stereocenters. The first-order valence-corrected chi connectivity index (χ1v) is 9.69. The van der Waals surface area contributed by atoms with Crippen LogP contribution in [-0.2, 0) is 10.0 Å². The van der Waals surface area contributed by atoms with Crippen LogP contribution in [0, 0.1) is 10.1 Å². The Morgan fingerprint density at radius 2 is 2.20 bits per heavy atom. The van der Waals surface area contributed by atoms with Crippen molar-refractivity contribution in [3.63, 3.8) is 0 Å². The van der Waals surface area contributed by atoms with Gasteiger partial charge in [-0.05, 0) is 12.7 Å². The quantitative estimate of drug-likeness (QED) is 0.552. The molecule has 0 aromatic carbocycles. The molecule has 10 heteroatoms. The molecule has 0 fully saturated rings. The van der Waals surface area contributed by atoms with Gasteiger partial charge in [-0.1, -0.05) is 18.5 Å². The lowest BCUT2D eigenvalue weighted by atomic mass is 10.3. The van der Waals surface area contributed by atoms with Crippen LogP contribution in [0.25, 0.3) is 0 Å². The zero-order valence-corrected chi connectivity index (χ0v) is 14.4. The molecule has 0 spiro atoms. The van der Waals surface area contributed by atoms with E-state index >= 15 is 0 Å². The standard InChI is InChI=1S/C10H15ClN2O4S3/c1-4-7(6-18-3)12(2)20(16,17)9-5-8(13(14)15)10(11)19-9/h5,7H,4,6H2,1-3H3. The van der Waals surface area contributed by atoms with E-state index in [4.69, 9.17) is 11.6 Å². The molecular formula is C10H15ClN2O4S3. The third-order valence-electron chi connectivity index (χ3n) is 2.82. The Hall–Kier alpha value is -0.350. The van der Waals surface area contributed by atoms with Gasteiger partial charge in [-0.3, -0.25) is 10.1 Å². The highest BCUT2D eigenvalue weighted by Crippen LogP contribution is 2.37. The largest absolute Gasteiger partial charge is 0.300 e. The number of nitrogens with zero attached hydrogens (tertiary/aromatic N) is 2. The summed E-state index contributed by atoms with van der Waals surface area (Å²) in [5.41, 5.74) is -0.374. The summed E-state index contributed by atoms with van der Waals surface area (Å²) in [7, 11) is -2.27. The van der Waals surface area contributed by atoms with Gasteiger partial charge in [-0.2, -0.15) is 16.1 Å². The minimum atomic E-state index is -3.76. The van der Waals surface area contributed by atoms with E-state index in [-0.39, 0.29) is 20.3 Å². The predicted molar refractivity (Wildman–Crippen MR) is 83.4 cm³/mol. The van der Waals surface area contributed by atoms with Gasteiger partial charge >= 0.3 is 0 Å². The number of thioether (sulfide) groups is 1. The van der Waals surface area contributed by atoms with Crippen LogP contribution in [0.4, 0.5) is 5.69 Å². The fourth-order valence-electron chi connectivity index (χ4n) is 1.60. The van der Waals surface area contributed by atoms with Crippen molar-refractivity contribution >= 4 is 50.4 Å². The Kier molecular flexibility index (Phi) is 6.26. The Morgan fingerprint density at radius 1 is 1.60 bits per heavy atom. The first kappa shape index (κ1) is 17.7. The maximum atomic E-state index is 12.4. The lowest BCUT2D eigenvalue weighted by Crippen LogP contribution is -2.37. The van der Waals surface area contributed by atoms with E-state index in [2.05, 4.69) is 0 Å². The molecule has 0 radical (unpaired) electrons. The second-order valence-electron chi connectivity index (χ2n) is 4.02. The third kappa shape index (κ3) is 3.64. The molecule has 6 nitrogen and oxygen atoms in total. The average molecular weight is 359 g/mol. The fourth-order valence-corrected chi connectivity index (χ4v) is 5.82. The molecule has 0 saturated carbocycles. The van der Waals surface area contributed by atoms with Gasteiger partial charge < -0.3 is 0 Å². The molecule has 0 amide bonds. The van der Waals surface area contributed by atoms with Gasteiger partial charge in [-0.15, -0.1) is 11.3 Å². The smallest absolute Gasteiger partial charge is 0.258 e. The van der Waals surface area contributed by atoms with Gasteiger partial charge in [-0.25, -0.2) is 8.42 Å². The van der Waals surface area contributed by atoms with Crippen molar-refractivity contribution in [2.45, 2.75) is 23.6 Å². The number of thiophene rings is 1. The van der Waals surface area contributed by atoms with Crippen molar-refractivity contribution < 1.29 is 13.3 Å². The van der Waals surface area contributed by atoms with E-state index in [1.807, 2.05) is 13.2 Å². The predicted octanol–water partition coefficient (Wildman–Crippen LogP) is 3.07. The number of nitro groups is 1. The fraction of sp³-hybridized carbons (Fsp3) is 0.600. The van der Waals surface area contributed by atoms with Crippen LogP contribution in [0.3, 0.4) is 0 Å². The van der Waals surface area contributed by atoms with Crippen LogP contribution < -0.4 is 0 Å². The van der Waals surface area contributed by atoms with Crippen molar-refractivity contribution in [2.24, 2.45) is 0 Å². The summed E-state index contributed by atoms with van der Waals surface area (Å²) in [6.45, 7) is 1.90. The van der Waals surface area contributed by atoms with Crippen molar-refractivity contribution in [1.82, 2.24) is 4.31 Å². The van der Waals surface area contributed by atoms with Crippen LogP contribution in [0.2, 0.25) is 4.34 Å². The molecule has 1 aromatic rings. The third-order valence-corrected chi connectivity index (χ3v) is 7.24. The van der Waals surface area contributed by atoms with Gasteiger partial charge in [0.05, 0.1) is 4.92 Å². The molecule has 0 aliphatic heterocycles. The highest BCUT2D eigenvalue weighted by Gasteiger charge is 2.31. The molecule has 1 unspecified atom stereocenters. The van der Waals surface area contributed by atoms with E-state index in [0.717, 1.165) is 6.07 Å². The van der Waals surface area contributed by atoms with Crippen LogP contribution in [0.15, 0.2) is 10.3 Å². The molecule has 0 saturated heterocycles. The number of rotatable bonds is 7. The molecule has 0 aliphatic rings. The summed E-state index contributed by atoms with van der Waals surface area (Å²) in [5, 5.41) is 10.7. The first-order valence-electron chi connectivity index (χ1n) is 5.66. The summed E-state index contributed by atoms with van der Waals surface area (Å²) in [5.74, 6) is 0.660. The summed E-state index contributed by atoms with van der Waals surface area (Å²) in [6.07, 6.45) is 2.56. The minimum Gasteiger partial charge on any atom is -0.258 e. The van der Waals surface area contributed by atoms with Crippen molar-refractivity contribution in [3.8, 4) is 0 Å². The topological polar surface area (TPSA) is 80.5 Å². The molecule has 1 rings (SSSR count). The number of halogens is 1. The first-order chi connectivity index (χ1) is 9.25. The Bertz CT molecular complexity index is 587. The van der Waals surface area contributed by atoms with Crippen molar-refractivity contribution in [1.29, 1.82) is 0 Å². The molecule has 1 aromatic heterocycles. The zero-order chi connectivity index (χ0) is 15.5. The molecule has 0 N–H and O–H groups in total. The van der Waals surface area contributed by atoms with E-state index in [0.29, 0.717) is 23.5 Å². The van der Waals surface area contributed by atoms with Crippen molar-refractivity contribution in [2.75, 3.05) is 19.1 Å². The maximum absolute atomic E-state index is 12.4. The van der Waals surface area contributed by atoms with Crippen LogP contribution >= 0.6 is 34.7 Å². The monoisotopic (exact) mass is 358 g/mol. The second kappa shape index (κ2) is 7.08. The highest BCUT2D eigenvalue weighted by molar-refractivity contribution is 7.98. The summed E-state index contributed by atoms with van der Waals surface area (Å²) in [4.78, 5) is 10.1. The summed E-state index contributed by atoms with van der Waals surface area (Å²) in [6, 6.07) is 0.861. The van der Waals surface area contributed by atoms with E-state index in [1.54, 1.807) is 11.8 Å². The van der Waals surface area contributed by atoms with Gasteiger partial charge in [0.2, 0.25) is 0 Å². The summed E-state index contributed by atoms with van der Waals surface area (Å²) >= 11 is 7.98. The average Bonchev–Trinajstić information content (AvgIpc) is 2.78. The highest BCUT2D eigenvalue weighted by atomic mass is 35.5. The molecule has 0 aliphatic carbocycles. The maximum Gasteiger partial charge on any atom is 0.300 e. The van der Waals surface area contributed by atoms with Crippen molar-refractivity contribution in [3.05, 3.63) is 20.5 Å². The lowest BCUT2D eigenvalue weighted by Gasteiger charge is -2.25. The molecular weight excluding hydrogens is 344 g/mol. The number of hydrogen-bond acceptors (Lipinski definition) is 6. The van der Waals surface area contributed by atoms with Gasteiger partial charge in [0.25, 0.3) is 15.7 Å². The summed E-state index contributed by atoms with van der Waals surface area (Å²) < 4.78 is 25.9. The lowest BCUT2D eigenvalue weighted by molar-refractivity contribution is -0.384. The molecule has 20 heavy (non-hydrogen) atoms. The Labute approximate surface area is 131 Å². The molecule has 0 bridgehead atoms. The van der Waals surface area contributed by atoms with E-state index in [1.165, 1.54) is 11.4 Å². The zero-order valence-electron chi connectivity index (χ0n) is 11.2. The van der Waals surface area contributed by atoms with Gasteiger partial charge in [0, 0.05) is 24.9 Å². The Morgan fingerprint density at radius 3 is 2.60 bits per heavy atom. The van der Waals surface area contributed by atoms with E-state index in [9.17, 15) is 18.5 Å². The number of sulfonamides is 1. The number of hydrogen-bond donors (Lipinski definition) is 0. The van der Waals surface area contributed by atoms with E-state index < -0.39 is 14.9 Å². The van der Waals surface area contributed by atoms with Crippen LogP contribution in [0.5, 0.6) is 0 Å². The van der Waals surface area contributed by atoms with Gasteiger partial charge in [0.1, 0.15) is 4.21 Å². The van der Waals surface area contributed by atoms with Crippen LogP contribution in [-0.4, -0.2) is 42.7 Å². The Balaban J connectivity index is 3.16. The minimum absolute atomic E-state index is 0.101. The van der Waals surface area contributed by atoms with Gasteiger partial charge in [0.15, 0.2) is 4.34 Å². The normalized spacial score (nSPS) is 13.7. The molecule has 114 valence electrons. The van der Waals surface area contributed by atoms with Crippen LogP contribution in [0.1, 0.15) is 13.3 Å². The SMILES string of the molecule is CCC(CSC)N(C)S(=O)(=O)c1cc([N+](=O)[O-])c(Cl)s1.